The highest BCUT2D eigenvalue weighted by Crippen LogP contribution is 2.20. The number of sulfone groups is 1. The third-order valence-electron chi connectivity index (χ3n) is 3.02. The summed E-state index contributed by atoms with van der Waals surface area (Å²) in [5.41, 5.74) is 0.420. The monoisotopic (exact) mass is 301 g/mol. The first-order valence-corrected chi connectivity index (χ1v) is 7.82. The summed E-state index contributed by atoms with van der Waals surface area (Å²) in [6, 6.07) is 0. The molecule has 8 nitrogen and oxygen atoms in total. The summed E-state index contributed by atoms with van der Waals surface area (Å²) >= 11 is 0. The number of hydrogen-bond acceptors (Lipinski definition) is 6. The van der Waals surface area contributed by atoms with Crippen molar-refractivity contribution in [1.82, 2.24) is 9.78 Å². The molecule has 0 aromatic carbocycles. The van der Waals surface area contributed by atoms with Gasteiger partial charge in [0.05, 0.1) is 36.4 Å². The van der Waals surface area contributed by atoms with Crippen LogP contribution in [0, 0.1) is 5.92 Å². The Morgan fingerprint density at radius 3 is 2.90 bits per heavy atom. The Balaban J connectivity index is 1.94. The minimum Gasteiger partial charge on any atom is -0.468 e. The minimum absolute atomic E-state index is 0.0483. The molecule has 1 aliphatic heterocycles. The molecule has 0 aliphatic carbocycles. The van der Waals surface area contributed by atoms with Crippen LogP contribution in [0.2, 0.25) is 0 Å². The Morgan fingerprint density at radius 2 is 2.30 bits per heavy atom. The Hall–Kier alpha value is -1.90. The number of aromatic nitrogens is 2. The van der Waals surface area contributed by atoms with Crippen LogP contribution in [0.5, 0.6) is 0 Å². The zero-order chi connectivity index (χ0) is 14.8. The van der Waals surface area contributed by atoms with Crippen molar-refractivity contribution >= 4 is 27.4 Å². The molecule has 1 unspecified atom stereocenters. The fraction of sp³-hybridized carbons (Fsp3) is 0.545. The van der Waals surface area contributed by atoms with Crippen LogP contribution >= 0.6 is 0 Å². The first-order chi connectivity index (χ1) is 9.39. The van der Waals surface area contributed by atoms with Gasteiger partial charge >= 0.3 is 5.97 Å². The van der Waals surface area contributed by atoms with E-state index in [0.29, 0.717) is 12.1 Å². The maximum absolute atomic E-state index is 11.9. The van der Waals surface area contributed by atoms with Crippen LogP contribution in [0.15, 0.2) is 12.4 Å². The van der Waals surface area contributed by atoms with Crippen molar-refractivity contribution in [2.75, 3.05) is 23.9 Å². The van der Waals surface area contributed by atoms with Crippen LogP contribution in [0.25, 0.3) is 0 Å². The third kappa shape index (κ3) is 3.56. The lowest BCUT2D eigenvalue weighted by Gasteiger charge is -2.07. The van der Waals surface area contributed by atoms with E-state index in [1.807, 2.05) is 0 Å². The van der Waals surface area contributed by atoms with Crippen LogP contribution in [0.1, 0.15) is 6.42 Å². The van der Waals surface area contributed by atoms with Crippen LogP contribution < -0.4 is 5.32 Å². The molecule has 1 fully saturated rings. The summed E-state index contributed by atoms with van der Waals surface area (Å²) in [4.78, 5) is 22.9. The van der Waals surface area contributed by atoms with Crippen molar-refractivity contribution in [1.29, 1.82) is 0 Å². The molecule has 1 amide bonds. The first kappa shape index (κ1) is 14.5. The Kier molecular flexibility index (Phi) is 4.07. The van der Waals surface area contributed by atoms with Crippen LogP contribution in [0.4, 0.5) is 5.69 Å². The van der Waals surface area contributed by atoms with Gasteiger partial charge in [-0.15, -0.1) is 0 Å². The summed E-state index contributed by atoms with van der Waals surface area (Å²) in [5.74, 6) is -1.39. The number of methoxy groups -OCH3 is 1. The number of anilines is 1. The smallest absolute Gasteiger partial charge is 0.327 e. The SMILES string of the molecule is COC(=O)Cn1cc(NC(=O)C2CCS(=O)(=O)C2)cn1. The van der Waals surface area contributed by atoms with Gasteiger partial charge in [-0.25, -0.2) is 8.42 Å². The topological polar surface area (TPSA) is 107 Å². The number of amides is 1. The number of carbonyl (C=O) groups is 2. The molecular weight excluding hydrogens is 286 g/mol. The summed E-state index contributed by atoms with van der Waals surface area (Å²) in [5, 5.41) is 6.49. The van der Waals surface area contributed by atoms with Crippen molar-refractivity contribution in [2.24, 2.45) is 5.92 Å². The van der Waals surface area contributed by atoms with Crippen LogP contribution in [-0.4, -0.2) is 48.7 Å². The summed E-state index contributed by atoms with van der Waals surface area (Å²) in [6.45, 7) is -0.0514. The lowest BCUT2D eigenvalue weighted by atomic mass is 10.1. The Morgan fingerprint density at radius 1 is 1.55 bits per heavy atom. The summed E-state index contributed by atoms with van der Waals surface area (Å²) in [7, 11) is -1.82. The number of nitrogens with zero attached hydrogens (tertiary/aromatic N) is 2. The summed E-state index contributed by atoms with van der Waals surface area (Å²) < 4.78 is 28.4. The van der Waals surface area contributed by atoms with Crippen molar-refractivity contribution in [3.8, 4) is 0 Å². The molecule has 1 N–H and O–H groups in total. The van der Waals surface area contributed by atoms with E-state index in [9.17, 15) is 18.0 Å². The average Bonchev–Trinajstić information content (AvgIpc) is 2.95. The molecule has 0 bridgehead atoms. The normalized spacial score (nSPS) is 20.6. The second-order valence-corrected chi connectivity index (χ2v) is 6.82. The zero-order valence-electron chi connectivity index (χ0n) is 10.9. The molecule has 110 valence electrons. The highest BCUT2D eigenvalue weighted by atomic mass is 32.2. The van der Waals surface area contributed by atoms with Gasteiger partial charge in [-0.05, 0) is 6.42 Å². The highest BCUT2D eigenvalue weighted by Gasteiger charge is 2.33. The van der Waals surface area contributed by atoms with E-state index in [0.717, 1.165) is 0 Å². The number of esters is 1. The molecule has 1 saturated heterocycles. The van der Waals surface area contributed by atoms with Gasteiger partial charge in [-0.2, -0.15) is 5.10 Å². The van der Waals surface area contributed by atoms with E-state index < -0.39 is 21.7 Å². The van der Waals surface area contributed by atoms with E-state index >= 15 is 0 Å². The lowest BCUT2D eigenvalue weighted by molar-refractivity contribution is -0.141. The maximum atomic E-state index is 11.9. The molecule has 0 spiro atoms. The Labute approximate surface area is 116 Å². The minimum atomic E-state index is -3.09. The van der Waals surface area contributed by atoms with Gasteiger partial charge in [0.1, 0.15) is 6.54 Å². The molecule has 2 rings (SSSR count). The molecule has 1 atom stereocenters. The molecule has 2 heterocycles. The van der Waals surface area contributed by atoms with Gasteiger partial charge in [0, 0.05) is 6.20 Å². The van der Waals surface area contributed by atoms with Crippen molar-refractivity contribution < 1.29 is 22.7 Å². The molecule has 1 aromatic rings. The van der Waals surface area contributed by atoms with Crippen LogP contribution in [0.3, 0.4) is 0 Å². The van der Waals surface area contributed by atoms with Gasteiger partial charge in [0.25, 0.3) is 0 Å². The number of rotatable bonds is 4. The maximum Gasteiger partial charge on any atom is 0.327 e. The van der Waals surface area contributed by atoms with Crippen molar-refractivity contribution in [2.45, 2.75) is 13.0 Å². The number of ether oxygens (including phenoxy) is 1. The molecule has 1 aromatic heterocycles. The third-order valence-corrected chi connectivity index (χ3v) is 4.79. The number of hydrogen-bond donors (Lipinski definition) is 1. The largest absolute Gasteiger partial charge is 0.468 e. The van der Waals surface area contributed by atoms with E-state index in [2.05, 4.69) is 15.2 Å². The van der Waals surface area contributed by atoms with E-state index in [1.165, 1.54) is 24.2 Å². The van der Waals surface area contributed by atoms with Gasteiger partial charge in [0.2, 0.25) is 5.91 Å². The summed E-state index contributed by atoms with van der Waals surface area (Å²) in [6.07, 6.45) is 3.22. The first-order valence-electron chi connectivity index (χ1n) is 6.00. The standard InChI is InChI=1S/C11H15N3O5S/c1-19-10(15)6-14-5-9(4-12-14)13-11(16)8-2-3-20(17,18)7-8/h4-5,8H,2-3,6-7H2,1H3,(H,13,16). The Bertz CT molecular complexity index is 622. The fourth-order valence-corrected chi connectivity index (χ4v) is 3.70. The van der Waals surface area contributed by atoms with Gasteiger partial charge in [0.15, 0.2) is 9.84 Å². The number of carbonyl (C=O) groups excluding carboxylic acids is 2. The quantitative estimate of drug-likeness (QED) is 0.746. The molecule has 0 saturated carbocycles. The lowest BCUT2D eigenvalue weighted by Crippen LogP contribution is -2.23. The molecular formula is C11H15N3O5S. The van der Waals surface area contributed by atoms with E-state index in [1.54, 1.807) is 0 Å². The molecule has 1 aliphatic rings. The van der Waals surface area contributed by atoms with Crippen molar-refractivity contribution in [3.05, 3.63) is 12.4 Å². The van der Waals surface area contributed by atoms with Gasteiger partial charge in [-0.3, -0.25) is 14.3 Å². The van der Waals surface area contributed by atoms with Crippen molar-refractivity contribution in [3.63, 3.8) is 0 Å². The molecule has 20 heavy (non-hydrogen) atoms. The average molecular weight is 301 g/mol. The second-order valence-electron chi connectivity index (χ2n) is 4.59. The van der Waals surface area contributed by atoms with Gasteiger partial charge in [-0.1, -0.05) is 0 Å². The number of nitrogens with one attached hydrogen (secondary N) is 1. The highest BCUT2D eigenvalue weighted by molar-refractivity contribution is 7.91. The van der Waals surface area contributed by atoms with E-state index in [4.69, 9.17) is 0 Å². The zero-order valence-corrected chi connectivity index (χ0v) is 11.7. The van der Waals surface area contributed by atoms with E-state index in [-0.39, 0.29) is 24.0 Å². The molecule has 9 heteroatoms. The fourth-order valence-electron chi connectivity index (χ4n) is 1.96. The molecule has 0 radical (unpaired) electrons. The second kappa shape index (κ2) is 5.61. The predicted octanol–water partition coefficient (Wildman–Crippen LogP) is -0.571. The predicted molar refractivity (Wildman–Crippen MR) is 69.6 cm³/mol. The van der Waals surface area contributed by atoms with Gasteiger partial charge < -0.3 is 10.1 Å². The van der Waals surface area contributed by atoms with Crippen LogP contribution in [-0.2, 0) is 30.7 Å².